The molecule has 1 N–H and O–H groups in total. The van der Waals surface area contributed by atoms with E-state index in [1.54, 1.807) is 0 Å². The first-order valence-corrected chi connectivity index (χ1v) is 5.45. The van der Waals surface area contributed by atoms with Crippen LogP contribution >= 0.6 is 0 Å². The number of carbonyl (C=O) groups excluding carboxylic acids is 1. The molecule has 0 atom stereocenters. The first-order chi connectivity index (χ1) is 7.03. The van der Waals surface area contributed by atoms with Gasteiger partial charge in [-0.1, -0.05) is 26.0 Å². The third-order valence-corrected chi connectivity index (χ3v) is 2.71. The van der Waals surface area contributed by atoms with Gasteiger partial charge in [-0.3, -0.25) is 4.79 Å². The molecule has 0 saturated carbocycles. The van der Waals surface area contributed by atoms with Crippen LogP contribution in [0.25, 0.3) is 0 Å². The zero-order chi connectivity index (χ0) is 11.6. The molecule has 2 rings (SSSR count). The van der Waals surface area contributed by atoms with E-state index in [-0.39, 0.29) is 11.3 Å². The Labute approximate surface area is 91.7 Å². The number of fused-ring (bicyclic) bond motifs is 1. The summed E-state index contributed by atoms with van der Waals surface area (Å²) >= 11 is 0. The fraction of sp³-hybridized carbons (Fsp3) is 0.462. The molecule has 1 aromatic carbocycles. The van der Waals surface area contributed by atoms with Gasteiger partial charge in [-0.25, -0.2) is 0 Å². The molecule has 1 amide bonds. The van der Waals surface area contributed by atoms with Gasteiger partial charge >= 0.3 is 0 Å². The Morgan fingerprint density at radius 1 is 1.20 bits per heavy atom. The number of anilines is 1. The number of nitrogens with one attached hydrogen (secondary N) is 1. The zero-order valence-corrected chi connectivity index (χ0v) is 10.1. The van der Waals surface area contributed by atoms with E-state index in [1.165, 1.54) is 5.56 Å². The van der Waals surface area contributed by atoms with Gasteiger partial charge in [-0.05, 0) is 38.0 Å². The average molecular weight is 205 g/mol. The smallest absolute Gasteiger partial charge is 0.234 e. The number of hydrogen-bond acceptors (Lipinski definition) is 1. The molecule has 0 fully saturated rings. The average Bonchev–Trinajstić information content (AvgIpc) is 2.42. The molecule has 0 saturated heterocycles. The molecule has 0 unspecified atom stereocenters. The second kappa shape index (κ2) is 4.05. The molecule has 0 spiro atoms. The van der Waals surface area contributed by atoms with Crippen LogP contribution in [0, 0.1) is 6.92 Å². The van der Waals surface area contributed by atoms with Gasteiger partial charge < -0.3 is 5.32 Å². The van der Waals surface area contributed by atoms with Crippen molar-refractivity contribution in [2.24, 2.45) is 0 Å². The van der Waals surface area contributed by atoms with Crippen LogP contribution in [-0.2, 0) is 10.2 Å². The minimum Gasteiger partial charge on any atom is -0.325 e. The van der Waals surface area contributed by atoms with Crippen molar-refractivity contribution >= 4 is 11.6 Å². The zero-order valence-electron chi connectivity index (χ0n) is 10.1. The maximum atomic E-state index is 11.6. The predicted molar refractivity (Wildman–Crippen MR) is 64.2 cm³/mol. The highest BCUT2D eigenvalue weighted by Crippen LogP contribution is 2.38. The quantitative estimate of drug-likeness (QED) is 0.692. The Hall–Kier alpha value is -1.31. The lowest BCUT2D eigenvalue weighted by Gasteiger charge is -2.16. The SMILES string of the molecule is CC.Cc1cccc2c1C(C)(C)C(=O)N2. The third kappa shape index (κ3) is 1.76. The van der Waals surface area contributed by atoms with Crippen LogP contribution in [0.4, 0.5) is 5.69 Å². The molecule has 82 valence electrons. The van der Waals surface area contributed by atoms with Crippen molar-refractivity contribution < 1.29 is 4.79 Å². The van der Waals surface area contributed by atoms with Crippen molar-refractivity contribution in [1.29, 1.82) is 0 Å². The number of hydrogen-bond donors (Lipinski definition) is 1. The summed E-state index contributed by atoms with van der Waals surface area (Å²) < 4.78 is 0. The van der Waals surface area contributed by atoms with E-state index in [0.717, 1.165) is 11.3 Å². The van der Waals surface area contributed by atoms with Crippen molar-refractivity contribution in [3.8, 4) is 0 Å². The van der Waals surface area contributed by atoms with Crippen molar-refractivity contribution in [1.82, 2.24) is 0 Å². The van der Waals surface area contributed by atoms with E-state index in [9.17, 15) is 4.79 Å². The van der Waals surface area contributed by atoms with E-state index in [1.807, 2.05) is 52.8 Å². The van der Waals surface area contributed by atoms with Gasteiger partial charge in [0.25, 0.3) is 0 Å². The van der Waals surface area contributed by atoms with Crippen molar-refractivity contribution in [2.45, 2.75) is 40.0 Å². The molecule has 2 nitrogen and oxygen atoms in total. The lowest BCUT2D eigenvalue weighted by molar-refractivity contribution is -0.119. The number of aryl methyl sites for hydroxylation is 1. The third-order valence-electron chi connectivity index (χ3n) is 2.71. The maximum absolute atomic E-state index is 11.6. The predicted octanol–water partition coefficient (Wildman–Crippen LogP) is 3.25. The van der Waals surface area contributed by atoms with Gasteiger partial charge in [-0.2, -0.15) is 0 Å². The van der Waals surface area contributed by atoms with Crippen LogP contribution in [0.15, 0.2) is 18.2 Å². The molecule has 0 radical (unpaired) electrons. The summed E-state index contributed by atoms with van der Waals surface area (Å²) in [4.78, 5) is 11.6. The Kier molecular flexibility index (Phi) is 3.18. The number of amides is 1. The fourth-order valence-corrected chi connectivity index (χ4v) is 1.99. The molecule has 1 heterocycles. The molecule has 0 aliphatic carbocycles. The molecule has 1 aliphatic heterocycles. The van der Waals surface area contributed by atoms with Crippen molar-refractivity contribution in [3.63, 3.8) is 0 Å². The second-order valence-electron chi connectivity index (χ2n) is 4.08. The lowest BCUT2D eigenvalue weighted by Crippen LogP contribution is -2.27. The largest absolute Gasteiger partial charge is 0.325 e. The summed E-state index contributed by atoms with van der Waals surface area (Å²) in [5.74, 6) is 0.0943. The first kappa shape index (κ1) is 11.8. The van der Waals surface area contributed by atoms with Crippen molar-refractivity contribution in [3.05, 3.63) is 29.3 Å². The Morgan fingerprint density at radius 2 is 1.80 bits per heavy atom. The molecular weight excluding hydrogens is 186 g/mol. The number of benzene rings is 1. The van der Waals surface area contributed by atoms with Gasteiger partial charge in [0, 0.05) is 5.69 Å². The summed E-state index contributed by atoms with van der Waals surface area (Å²) in [6, 6.07) is 5.96. The van der Waals surface area contributed by atoms with E-state index in [0.29, 0.717) is 0 Å². The van der Waals surface area contributed by atoms with Crippen LogP contribution < -0.4 is 5.32 Å². The minimum atomic E-state index is -0.374. The van der Waals surface area contributed by atoms with Crippen molar-refractivity contribution in [2.75, 3.05) is 5.32 Å². The summed E-state index contributed by atoms with van der Waals surface area (Å²) in [5, 5.41) is 2.89. The number of rotatable bonds is 0. The summed E-state index contributed by atoms with van der Waals surface area (Å²) in [6.45, 7) is 9.96. The van der Waals surface area contributed by atoms with E-state index in [4.69, 9.17) is 0 Å². The molecule has 15 heavy (non-hydrogen) atoms. The van der Waals surface area contributed by atoms with E-state index in [2.05, 4.69) is 5.32 Å². The van der Waals surface area contributed by atoms with Crippen LogP contribution in [0.5, 0.6) is 0 Å². The molecule has 1 aliphatic rings. The minimum absolute atomic E-state index is 0.0943. The van der Waals surface area contributed by atoms with Gasteiger partial charge in [-0.15, -0.1) is 0 Å². The molecule has 1 aromatic rings. The molecule has 2 heteroatoms. The normalized spacial score (nSPS) is 16.2. The van der Waals surface area contributed by atoms with Crippen LogP contribution in [0.3, 0.4) is 0 Å². The van der Waals surface area contributed by atoms with Gasteiger partial charge in [0.1, 0.15) is 0 Å². The van der Waals surface area contributed by atoms with E-state index >= 15 is 0 Å². The highest BCUT2D eigenvalue weighted by atomic mass is 16.2. The molecule has 0 aromatic heterocycles. The van der Waals surface area contributed by atoms with Crippen LogP contribution in [0.2, 0.25) is 0 Å². The Balaban J connectivity index is 0.000000531. The molecule has 0 bridgehead atoms. The van der Waals surface area contributed by atoms with Gasteiger partial charge in [0.2, 0.25) is 5.91 Å². The highest BCUT2D eigenvalue weighted by Gasteiger charge is 2.39. The molecular formula is C13H19NO. The van der Waals surface area contributed by atoms with Gasteiger partial charge in [0.15, 0.2) is 0 Å². The first-order valence-electron chi connectivity index (χ1n) is 5.45. The highest BCUT2D eigenvalue weighted by molar-refractivity contribution is 6.06. The summed E-state index contributed by atoms with van der Waals surface area (Å²) in [5.41, 5.74) is 2.91. The Bertz CT molecular complexity index is 380. The van der Waals surface area contributed by atoms with Gasteiger partial charge in [0.05, 0.1) is 5.41 Å². The summed E-state index contributed by atoms with van der Waals surface area (Å²) in [7, 11) is 0. The standard InChI is InChI=1S/C11H13NO.C2H6/c1-7-5-4-6-8-9(7)11(2,3)10(13)12-8;1-2/h4-6H,1-3H3,(H,12,13);1-2H3. The second-order valence-corrected chi connectivity index (χ2v) is 4.08. The monoisotopic (exact) mass is 205 g/mol. The summed E-state index contributed by atoms with van der Waals surface area (Å²) in [6.07, 6.45) is 0. The maximum Gasteiger partial charge on any atom is 0.234 e. The van der Waals surface area contributed by atoms with E-state index < -0.39 is 0 Å². The lowest BCUT2D eigenvalue weighted by atomic mass is 9.83. The van der Waals surface area contributed by atoms with Crippen LogP contribution in [0.1, 0.15) is 38.8 Å². The number of carbonyl (C=O) groups is 1. The van der Waals surface area contributed by atoms with Crippen LogP contribution in [-0.4, -0.2) is 5.91 Å². The topological polar surface area (TPSA) is 29.1 Å². The Morgan fingerprint density at radius 3 is 2.33 bits per heavy atom. The fourth-order valence-electron chi connectivity index (χ4n) is 1.99.